The van der Waals surface area contributed by atoms with E-state index in [2.05, 4.69) is 15.3 Å². The molecular weight excluding hydrogens is 370 g/mol. The van der Waals surface area contributed by atoms with Crippen LogP contribution in [0.25, 0.3) is 0 Å². The first-order chi connectivity index (χ1) is 12.6. The first-order valence-electron chi connectivity index (χ1n) is 7.85. The molecule has 2 aromatic heterocycles. The number of carbonyl (C=O) groups excluding carboxylic acids is 1. The second kappa shape index (κ2) is 8.79. The van der Waals surface area contributed by atoms with Crippen LogP contribution < -0.4 is 10.1 Å². The van der Waals surface area contributed by atoms with Crippen molar-refractivity contribution in [2.75, 3.05) is 11.9 Å². The normalized spacial score (nSPS) is 11.8. The van der Waals surface area contributed by atoms with Crippen molar-refractivity contribution >= 4 is 34.1 Å². The topological polar surface area (TPSA) is 84.3 Å². The Morgan fingerprint density at radius 1 is 1.27 bits per heavy atom. The van der Waals surface area contributed by atoms with Gasteiger partial charge in [0.1, 0.15) is 11.9 Å². The number of thiazole rings is 1. The number of hydrogen-bond donors (Lipinski definition) is 2. The Bertz CT molecular complexity index is 857. The first kappa shape index (κ1) is 18.4. The summed E-state index contributed by atoms with van der Waals surface area (Å²) in [6.45, 7) is 1.65. The number of benzene rings is 1. The van der Waals surface area contributed by atoms with Gasteiger partial charge in [-0.25, -0.2) is 4.98 Å². The van der Waals surface area contributed by atoms with Gasteiger partial charge >= 0.3 is 0 Å². The summed E-state index contributed by atoms with van der Waals surface area (Å²) in [4.78, 5) is 22.5. The molecule has 3 rings (SSSR count). The van der Waals surface area contributed by atoms with E-state index in [1.54, 1.807) is 43.0 Å². The third kappa shape index (κ3) is 5.04. The average molecular weight is 387 g/mol. The number of anilines is 1. The fourth-order valence-electron chi connectivity index (χ4n) is 2.10. The zero-order valence-electron chi connectivity index (χ0n) is 14.0. The van der Waals surface area contributed by atoms with E-state index >= 15 is 0 Å². The van der Waals surface area contributed by atoms with E-state index in [9.17, 15) is 9.90 Å². The fraction of sp³-hybridized carbons (Fsp3) is 0.167. The Hall–Kier alpha value is -2.42. The third-order valence-electron chi connectivity index (χ3n) is 3.27. The molecule has 0 aliphatic rings. The number of aliphatic hydroxyl groups is 1. The van der Waals surface area contributed by atoms with Gasteiger partial charge in [-0.15, -0.1) is 11.3 Å². The maximum atomic E-state index is 12.6. The van der Waals surface area contributed by atoms with Gasteiger partial charge in [0.25, 0.3) is 5.91 Å². The Kier molecular flexibility index (Phi) is 6.21. The molecule has 0 saturated heterocycles. The highest BCUT2D eigenvalue weighted by molar-refractivity contribution is 7.99. The number of ether oxygens (including phenoxy) is 1. The highest BCUT2D eigenvalue weighted by Crippen LogP contribution is 2.32. The quantitative estimate of drug-likeness (QED) is 0.643. The number of aromatic nitrogens is 2. The molecule has 26 heavy (non-hydrogen) atoms. The summed E-state index contributed by atoms with van der Waals surface area (Å²) in [5.74, 6) is 0.258. The van der Waals surface area contributed by atoms with Gasteiger partial charge in [-0.3, -0.25) is 15.1 Å². The van der Waals surface area contributed by atoms with Crippen molar-refractivity contribution in [1.29, 1.82) is 0 Å². The van der Waals surface area contributed by atoms with Crippen LogP contribution in [0.2, 0.25) is 0 Å². The summed E-state index contributed by atoms with van der Waals surface area (Å²) in [6, 6.07) is 9.08. The summed E-state index contributed by atoms with van der Waals surface area (Å²) in [5.41, 5.74) is 0.458. The molecule has 0 bridgehead atoms. The Labute approximate surface area is 159 Å². The molecule has 3 aromatic rings. The van der Waals surface area contributed by atoms with Crippen molar-refractivity contribution in [1.82, 2.24) is 9.97 Å². The van der Waals surface area contributed by atoms with Gasteiger partial charge in [0, 0.05) is 39.3 Å². The van der Waals surface area contributed by atoms with Crippen LogP contribution in [0, 0.1) is 0 Å². The van der Waals surface area contributed by atoms with Crippen molar-refractivity contribution in [3.05, 3.63) is 59.9 Å². The summed E-state index contributed by atoms with van der Waals surface area (Å²) in [6.07, 6.45) is 4.69. The van der Waals surface area contributed by atoms with Gasteiger partial charge in [-0.05, 0) is 37.3 Å². The molecule has 2 heterocycles. The zero-order valence-corrected chi connectivity index (χ0v) is 15.6. The predicted molar refractivity (Wildman–Crippen MR) is 102 cm³/mol. The van der Waals surface area contributed by atoms with Gasteiger partial charge < -0.3 is 9.84 Å². The molecule has 0 radical (unpaired) electrons. The molecule has 0 aliphatic heterocycles. The number of hydrogen-bond acceptors (Lipinski definition) is 7. The highest BCUT2D eigenvalue weighted by Gasteiger charge is 2.13. The van der Waals surface area contributed by atoms with Gasteiger partial charge in [0.15, 0.2) is 5.13 Å². The lowest BCUT2D eigenvalue weighted by Gasteiger charge is -2.14. The second-order valence-corrected chi connectivity index (χ2v) is 7.42. The van der Waals surface area contributed by atoms with E-state index in [-0.39, 0.29) is 18.6 Å². The number of aliphatic hydroxyl groups excluding tert-OH is 1. The van der Waals surface area contributed by atoms with Crippen molar-refractivity contribution < 1.29 is 14.6 Å². The maximum absolute atomic E-state index is 12.6. The molecular formula is C18H17N3O3S2. The maximum Gasteiger partial charge on any atom is 0.257 e. The Morgan fingerprint density at radius 3 is 2.77 bits per heavy atom. The molecule has 0 saturated carbocycles. The van der Waals surface area contributed by atoms with Crippen LogP contribution in [0.5, 0.6) is 5.75 Å². The lowest BCUT2D eigenvalue weighted by molar-refractivity contribution is 0.102. The average Bonchev–Trinajstić information content (AvgIpc) is 3.15. The monoisotopic (exact) mass is 387 g/mol. The van der Waals surface area contributed by atoms with Crippen LogP contribution in [0.1, 0.15) is 17.3 Å². The summed E-state index contributed by atoms with van der Waals surface area (Å²) < 4.78 is 5.70. The van der Waals surface area contributed by atoms with E-state index in [1.807, 2.05) is 18.2 Å². The molecule has 1 atom stereocenters. The fourth-order valence-corrected chi connectivity index (χ4v) is 3.51. The SMILES string of the molecule is C[C@@H](CO)Oc1cc(Sc2ccncc2)cc(C(=O)Nc2nccs2)c1. The van der Waals surface area contributed by atoms with Crippen molar-refractivity contribution in [2.24, 2.45) is 0 Å². The van der Waals surface area contributed by atoms with E-state index in [1.165, 1.54) is 23.1 Å². The standard InChI is InChI=1S/C18H17N3O3S2/c1-12(11-22)24-14-8-13(17(23)21-18-20-6-7-25-18)9-16(10-14)26-15-2-4-19-5-3-15/h2-10,12,22H,11H2,1H3,(H,20,21,23)/t12-/m0/s1. The summed E-state index contributed by atoms with van der Waals surface area (Å²) in [5, 5.41) is 14.3. The van der Waals surface area contributed by atoms with E-state index in [4.69, 9.17) is 4.74 Å². The molecule has 1 aromatic carbocycles. The molecule has 0 fully saturated rings. The highest BCUT2D eigenvalue weighted by atomic mass is 32.2. The first-order valence-corrected chi connectivity index (χ1v) is 9.55. The van der Waals surface area contributed by atoms with Gasteiger partial charge in [0.2, 0.25) is 0 Å². The van der Waals surface area contributed by atoms with Crippen LogP contribution in [0.3, 0.4) is 0 Å². The minimum absolute atomic E-state index is 0.109. The van der Waals surface area contributed by atoms with Crippen LogP contribution in [0.15, 0.2) is 64.1 Å². The minimum Gasteiger partial charge on any atom is -0.488 e. The molecule has 2 N–H and O–H groups in total. The second-order valence-electron chi connectivity index (χ2n) is 5.38. The molecule has 6 nitrogen and oxygen atoms in total. The van der Waals surface area contributed by atoms with Crippen LogP contribution in [-0.2, 0) is 0 Å². The molecule has 134 valence electrons. The van der Waals surface area contributed by atoms with Crippen molar-refractivity contribution in [3.8, 4) is 5.75 Å². The van der Waals surface area contributed by atoms with Crippen LogP contribution >= 0.6 is 23.1 Å². The molecule has 0 aliphatic carbocycles. The number of amides is 1. The Balaban J connectivity index is 1.87. The predicted octanol–water partition coefficient (Wildman–Crippen LogP) is 3.70. The van der Waals surface area contributed by atoms with Gasteiger partial charge in [-0.2, -0.15) is 0 Å². The number of rotatable bonds is 7. The third-order valence-corrected chi connectivity index (χ3v) is 4.94. The summed E-state index contributed by atoms with van der Waals surface area (Å²) >= 11 is 2.85. The lowest BCUT2D eigenvalue weighted by Crippen LogP contribution is -2.17. The zero-order chi connectivity index (χ0) is 18.4. The van der Waals surface area contributed by atoms with E-state index < -0.39 is 0 Å². The molecule has 8 heteroatoms. The van der Waals surface area contributed by atoms with Crippen LogP contribution in [-0.4, -0.2) is 33.7 Å². The summed E-state index contributed by atoms with van der Waals surface area (Å²) in [7, 11) is 0. The lowest BCUT2D eigenvalue weighted by atomic mass is 10.2. The molecule has 0 unspecified atom stereocenters. The number of carbonyl (C=O) groups is 1. The largest absolute Gasteiger partial charge is 0.488 e. The molecule has 0 spiro atoms. The smallest absolute Gasteiger partial charge is 0.257 e. The number of pyridine rings is 1. The van der Waals surface area contributed by atoms with Crippen molar-refractivity contribution in [2.45, 2.75) is 22.8 Å². The van der Waals surface area contributed by atoms with Gasteiger partial charge in [-0.1, -0.05) is 11.8 Å². The van der Waals surface area contributed by atoms with Gasteiger partial charge in [0.05, 0.1) is 6.61 Å². The van der Waals surface area contributed by atoms with E-state index in [0.29, 0.717) is 16.4 Å². The molecule has 1 amide bonds. The van der Waals surface area contributed by atoms with Crippen molar-refractivity contribution in [3.63, 3.8) is 0 Å². The Morgan fingerprint density at radius 2 is 2.08 bits per heavy atom. The minimum atomic E-state index is -0.369. The van der Waals surface area contributed by atoms with E-state index in [0.717, 1.165) is 9.79 Å². The van der Waals surface area contributed by atoms with Crippen LogP contribution in [0.4, 0.5) is 5.13 Å². The number of nitrogens with zero attached hydrogens (tertiary/aromatic N) is 2. The number of nitrogens with one attached hydrogen (secondary N) is 1.